The molecule has 1 aliphatic rings. The second-order valence-electron chi connectivity index (χ2n) is 8.58. The van der Waals surface area contributed by atoms with Gasteiger partial charge in [0.2, 0.25) is 0 Å². The summed E-state index contributed by atoms with van der Waals surface area (Å²) >= 11 is 0. The topological polar surface area (TPSA) is 105 Å². The Morgan fingerprint density at radius 1 is 0.889 bits per heavy atom. The van der Waals surface area contributed by atoms with Gasteiger partial charge < -0.3 is 10.1 Å². The normalized spacial score (nSPS) is 14.6. The van der Waals surface area contributed by atoms with Crippen LogP contribution in [-0.2, 0) is 14.4 Å². The molecule has 0 bridgehead atoms. The summed E-state index contributed by atoms with van der Waals surface area (Å²) in [4.78, 5) is 51.0. The van der Waals surface area contributed by atoms with Crippen molar-refractivity contribution in [2.45, 2.75) is 20.8 Å². The molecule has 0 radical (unpaired) electrons. The van der Waals surface area contributed by atoms with E-state index in [9.17, 15) is 19.2 Å². The molecule has 0 saturated carbocycles. The van der Waals surface area contributed by atoms with Gasteiger partial charge in [-0.05, 0) is 79.9 Å². The van der Waals surface area contributed by atoms with E-state index < -0.39 is 17.8 Å². The van der Waals surface area contributed by atoms with E-state index in [1.165, 1.54) is 6.08 Å². The first-order valence-electron chi connectivity index (χ1n) is 11.3. The van der Waals surface area contributed by atoms with Crippen LogP contribution in [0, 0.1) is 20.8 Å². The van der Waals surface area contributed by atoms with Crippen LogP contribution >= 0.6 is 0 Å². The number of aryl methyl sites for hydroxylation is 3. The number of nitrogens with one attached hydrogen (secondary N) is 2. The lowest BCUT2D eigenvalue weighted by molar-refractivity contribution is -0.122. The molecule has 36 heavy (non-hydrogen) atoms. The second-order valence-corrected chi connectivity index (χ2v) is 8.58. The summed E-state index contributed by atoms with van der Waals surface area (Å²) in [6, 6.07) is 18.5. The molecule has 2 N–H and O–H groups in total. The quantitative estimate of drug-likeness (QED) is 0.402. The Hall–Kier alpha value is -4.72. The summed E-state index contributed by atoms with van der Waals surface area (Å²) in [5.41, 5.74) is 4.32. The fourth-order valence-electron chi connectivity index (χ4n) is 3.78. The maximum absolute atomic E-state index is 13.1. The van der Waals surface area contributed by atoms with Crippen molar-refractivity contribution < 1.29 is 23.9 Å². The zero-order chi connectivity index (χ0) is 25.8. The molecule has 3 aromatic rings. The molecule has 0 spiro atoms. The van der Waals surface area contributed by atoms with Gasteiger partial charge in [-0.15, -0.1) is 0 Å². The Kier molecular flexibility index (Phi) is 6.96. The summed E-state index contributed by atoms with van der Waals surface area (Å²) < 4.78 is 5.53. The first-order valence-corrected chi connectivity index (χ1v) is 11.3. The number of urea groups is 1. The third kappa shape index (κ3) is 5.67. The van der Waals surface area contributed by atoms with E-state index in [1.54, 1.807) is 36.4 Å². The van der Waals surface area contributed by atoms with Gasteiger partial charge in [0.25, 0.3) is 17.7 Å². The van der Waals surface area contributed by atoms with Crippen molar-refractivity contribution in [1.29, 1.82) is 0 Å². The molecule has 1 heterocycles. The highest BCUT2D eigenvalue weighted by atomic mass is 16.5. The van der Waals surface area contributed by atoms with Gasteiger partial charge >= 0.3 is 6.03 Å². The molecule has 5 amide bonds. The third-order valence-electron chi connectivity index (χ3n) is 5.46. The number of hydrogen-bond donors (Lipinski definition) is 2. The van der Waals surface area contributed by atoms with Gasteiger partial charge in [0.05, 0.1) is 5.69 Å². The van der Waals surface area contributed by atoms with Crippen LogP contribution in [0.3, 0.4) is 0 Å². The van der Waals surface area contributed by atoms with Crippen LogP contribution in [-0.4, -0.2) is 30.4 Å². The van der Waals surface area contributed by atoms with Crippen molar-refractivity contribution in [2.75, 3.05) is 16.8 Å². The summed E-state index contributed by atoms with van der Waals surface area (Å²) in [5.74, 6) is -1.33. The fourth-order valence-corrected chi connectivity index (χ4v) is 3.78. The predicted molar refractivity (Wildman–Crippen MR) is 137 cm³/mol. The first-order chi connectivity index (χ1) is 17.2. The Balaban J connectivity index is 1.44. The standard InChI is InChI=1S/C28H25N3O5/c1-17-4-8-21(9-5-17)29-25(32)16-36-23-10-6-20(7-11-23)15-24-26(33)30-28(35)31(27(24)34)22-13-18(2)12-19(3)14-22/h4-15H,16H2,1-3H3,(H,29,32)(H,30,33,35)/b24-15+. The molecule has 1 saturated heterocycles. The number of carbonyl (C=O) groups is 4. The summed E-state index contributed by atoms with van der Waals surface area (Å²) in [7, 11) is 0. The van der Waals surface area contributed by atoms with Crippen LogP contribution in [0.25, 0.3) is 6.08 Å². The minimum absolute atomic E-state index is 0.167. The highest BCUT2D eigenvalue weighted by Gasteiger charge is 2.36. The average Bonchev–Trinajstić information content (AvgIpc) is 2.82. The van der Waals surface area contributed by atoms with Crippen LogP contribution in [0.2, 0.25) is 0 Å². The molecule has 1 aliphatic heterocycles. The molecule has 182 valence electrons. The van der Waals surface area contributed by atoms with Crippen molar-refractivity contribution in [3.63, 3.8) is 0 Å². The van der Waals surface area contributed by atoms with Gasteiger partial charge in [-0.25, -0.2) is 9.69 Å². The van der Waals surface area contributed by atoms with Crippen molar-refractivity contribution >= 4 is 41.2 Å². The fraction of sp³-hybridized carbons (Fsp3) is 0.143. The number of nitrogens with zero attached hydrogens (tertiary/aromatic N) is 1. The lowest BCUT2D eigenvalue weighted by Crippen LogP contribution is -2.54. The predicted octanol–water partition coefficient (Wildman–Crippen LogP) is 4.30. The smallest absolute Gasteiger partial charge is 0.335 e. The number of carbonyl (C=O) groups excluding carboxylic acids is 4. The van der Waals surface area contributed by atoms with E-state index in [4.69, 9.17) is 4.74 Å². The molecular formula is C28H25N3O5. The Morgan fingerprint density at radius 2 is 1.53 bits per heavy atom. The molecule has 3 aromatic carbocycles. The maximum Gasteiger partial charge on any atom is 0.335 e. The molecule has 0 aromatic heterocycles. The highest BCUT2D eigenvalue weighted by Crippen LogP contribution is 2.24. The number of anilines is 2. The van der Waals surface area contributed by atoms with E-state index in [0.717, 1.165) is 21.6 Å². The minimum atomic E-state index is -0.792. The summed E-state index contributed by atoms with van der Waals surface area (Å²) in [6.45, 7) is 5.51. The largest absolute Gasteiger partial charge is 0.484 e. The summed E-state index contributed by atoms with van der Waals surface area (Å²) in [6.07, 6.45) is 1.41. The molecule has 0 atom stereocenters. The summed E-state index contributed by atoms with van der Waals surface area (Å²) in [5, 5.41) is 4.98. The molecular weight excluding hydrogens is 458 g/mol. The second kappa shape index (κ2) is 10.3. The number of barbiturate groups is 1. The van der Waals surface area contributed by atoms with Crippen LogP contribution in [0.15, 0.2) is 72.3 Å². The molecule has 8 nitrogen and oxygen atoms in total. The van der Waals surface area contributed by atoms with Crippen molar-refractivity contribution in [1.82, 2.24) is 5.32 Å². The maximum atomic E-state index is 13.1. The molecule has 4 rings (SSSR count). The molecule has 0 unspecified atom stereocenters. The minimum Gasteiger partial charge on any atom is -0.484 e. The van der Waals surface area contributed by atoms with Crippen LogP contribution < -0.4 is 20.3 Å². The Labute approximate surface area is 208 Å². The Bertz CT molecular complexity index is 1360. The van der Waals surface area contributed by atoms with Gasteiger partial charge in [0.15, 0.2) is 6.61 Å². The molecule has 0 aliphatic carbocycles. The van der Waals surface area contributed by atoms with Gasteiger partial charge in [-0.3, -0.25) is 19.7 Å². The van der Waals surface area contributed by atoms with Gasteiger partial charge in [0.1, 0.15) is 11.3 Å². The number of hydrogen-bond acceptors (Lipinski definition) is 5. The zero-order valence-corrected chi connectivity index (χ0v) is 20.1. The Morgan fingerprint density at radius 3 is 2.17 bits per heavy atom. The van der Waals surface area contributed by atoms with Crippen molar-refractivity contribution in [3.8, 4) is 5.75 Å². The van der Waals surface area contributed by atoms with Gasteiger partial charge in [-0.2, -0.15) is 0 Å². The number of ether oxygens (including phenoxy) is 1. The van der Waals surface area contributed by atoms with E-state index in [-0.39, 0.29) is 18.1 Å². The van der Waals surface area contributed by atoms with E-state index in [0.29, 0.717) is 22.7 Å². The van der Waals surface area contributed by atoms with Gasteiger partial charge in [-0.1, -0.05) is 35.9 Å². The van der Waals surface area contributed by atoms with Crippen molar-refractivity contribution in [3.05, 3.63) is 94.6 Å². The number of imide groups is 2. The highest BCUT2D eigenvalue weighted by molar-refractivity contribution is 6.39. The SMILES string of the molecule is Cc1ccc(NC(=O)COc2ccc(/C=C3\C(=O)NC(=O)N(c4cc(C)cc(C)c4)C3=O)cc2)cc1. The zero-order valence-electron chi connectivity index (χ0n) is 20.1. The molecule has 8 heteroatoms. The number of benzene rings is 3. The third-order valence-corrected chi connectivity index (χ3v) is 5.46. The van der Waals surface area contributed by atoms with E-state index in [1.807, 2.05) is 51.1 Å². The lowest BCUT2D eigenvalue weighted by atomic mass is 10.1. The van der Waals surface area contributed by atoms with Crippen LogP contribution in [0.4, 0.5) is 16.2 Å². The van der Waals surface area contributed by atoms with E-state index >= 15 is 0 Å². The number of amides is 5. The monoisotopic (exact) mass is 483 g/mol. The first kappa shape index (κ1) is 24.4. The van der Waals surface area contributed by atoms with E-state index in [2.05, 4.69) is 10.6 Å². The van der Waals surface area contributed by atoms with Crippen molar-refractivity contribution in [2.24, 2.45) is 0 Å². The lowest BCUT2D eigenvalue weighted by Gasteiger charge is -2.27. The van der Waals surface area contributed by atoms with Crippen LogP contribution in [0.1, 0.15) is 22.3 Å². The van der Waals surface area contributed by atoms with Crippen LogP contribution in [0.5, 0.6) is 5.75 Å². The van der Waals surface area contributed by atoms with Gasteiger partial charge in [0, 0.05) is 5.69 Å². The average molecular weight is 484 g/mol. The number of rotatable bonds is 6. The molecule has 1 fully saturated rings.